The normalized spacial score (nSPS) is 15.4. The second-order valence-electron chi connectivity index (χ2n) is 5.01. The summed E-state index contributed by atoms with van der Waals surface area (Å²) >= 11 is 0. The molecule has 0 radical (unpaired) electrons. The molecule has 1 fully saturated rings. The fourth-order valence-corrected chi connectivity index (χ4v) is 2.53. The highest BCUT2D eigenvalue weighted by molar-refractivity contribution is 5.64. The Labute approximate surface area is 117 Å². The molecule has 5 nitrogen and oxygen atoms in total. The summed E-state index contributed by atoms with van der Waals surface area (Å²) in [5.74, 6) is 2.46. The number of nitrogens with two attached hydrogens (primary N) is 1. The molecule has 5 heteroatoms. The number of nitrogens with zero attached hydrogens (tertiary/aromatic N) is 1. The van der Waals surface area contributed by atoms with E-state index in [9.17, 15) is 0 Å². The summed E-state index contributed by atoms with van der Waals surface area (Å²) in [7, 11) is 1.63. The van der Waals surface area contributed by atoms with Crippen molar-refractivity contribution < 1.29 is 14.0 Å². The monoisotopic (exact) mass is 274 g/mol. The molecule has 106 valence electrons. The van der Waals surface area contributed by atoms with E-state index >= 15 is 0 Å². The van der Waals surface area contributed by atoms with Crippen LogP contribution in [0.5, 0.6) is 11.5 Å². The van der Waals surface area contributed by atoms with Gasteiger partial charge in [0.15, 0.2) is 23.1 Å². The zero-order valence-corrected chi connectivity index (χ0v) is 11.5. The molecule has 2 N–H and O–H groups in total. The number of rotatable bonds is 4. The van der Waals surface area contributed by atoms with Gasteiger partial charge in [-0.25, -0.2) is 0 Å². The van der Waals surface area contributed by atoms with E-state index in [2.05, 4.69) is 5.16 Å². The summed E-state index contributed by atoms with van der Waals surface area (Å²) in [6.07, 6.45) is 5.01. The lowest BCUT2D eigenvalue weighted by Crippen LogP contribution is -2.11. The number of benzene rings is 1. The predicted octanol–water partition coefficient (Wildman–Crippen LogP) is 3.25. The Hall–Kier alpha value is -2.17. The van der Waals surface area contributed by atoms with Gasteiger partial charge in [0.1, 0.15) is 0 Å². The van der Waals surface area contributed by atoms with Crippen molar-refractivity contribution in [3.8, 4) is 22.8 Å². The zero-order valence-electron chi connectivity index (χ0n) is 11.5. The van der Waals surface area contributed by atoms with Crippen LogP contribution in [0, 0.1) is 0 Å². The molecule has 0 amide bonds. The molecule has 20 heavy (non-hydrogen) atoms. The Bertz CT molecular complexity index is 589. The van der Waals surface area contributed by atoms with Crippen LogP contribution in [0.15, 0.2) is 28.8 Å². The molecule has 1 aromatic carbocycles. The molecular formula is C15H18N2O3. The van der Waals surface area contributed by atoms with Crippen LogP contribution in [-0.2, 0) is 0 Å². The van der Waals surface area contributed by atoms with E-state index in [1.165, 1.54) is 12.8 Å². The Morgan fingerprint density at radius 1 is 1.20 bits per heavy atom. The first-order chi connectivity index (χ1) is 9.76. The molecule has 0 spiro atoms. The lowest BCUT2D eigenvalue weighted by Gasteiger charge is -2.16. The first-order valence-electron chi connectivity index (χ1n) is 6.83. The maximum Gasteiger partial charge on any atom is 0.169 e. The van der Waals surface area contributed by atoms with Gasteiger partial charge in [-0.15, -0.1) is 0 Å². The summed E-state index contributed by atoms with van der Waals surface area (Å²) in [5, 5.41) is 3.68. The van der Waals surface area contributed by atoms with Gasteiger partial charge < -0.3 is 19.7 Å². The highest BCUT2D eigenvalue weighted by atomic mass is 16.5. The molecule has 1 aliphatic rings. The van der Waals surface area contributed by atoms with Crippen LogP contribution < -0.4 is 15.2 Å². The zero-order chi connectivity index (χ0) is 13.9. The lowest BCUT2D eigenvalue weighted by atomic mass is 10.1. The molecule has 1 aliphatic carbocycles. The van der Waals surface area contributed by atoms with Crippen LogP contribution in [0.4, 0.5) is 5.82 Å². The van der Waals surface area contributed by atoms with Crippen LogP contribution in [0.1, 0.15) is 25.7 Å². The molecule has 1 aromatic heterocycles. The van der Waals surface area contributed by atoms with Crippen molar-refractivity contribution in [1.82, 2.24) is 5.16 Å². The van der Waals surface area contributed by atoms with Gasteiger partial charge in [-0.2, -0.15) is 0 Å². The number of ether oxygens (including phenoxy) is 2. The summed E-state index contributed by atoms with van der Waals surface area (Å²) in [5.41, 5.74) is 6.43. The van der Waals surface area contributed by atoms with Gasteiger partial charge in [0, 0.05) is 11.6 Å². The molecule has 2 aromatic rings. The minimum Gasteiger partial charge on any atom is -0.493 e. The van der Waals surface area contributed by atoms with E-state index in [-0.39, 0.29) is 0 Å². The molecular weight excluding hydrogens is 256 g/mol. The first kappa shape index (κ1) is 12.8. The third kappa shape index (κ3) is 2.57. The maximum atomic E-state index is 6.00. The van der Waals surface area contributed by atoms with Gasteiger partial charge in [0.05, 0.1) is 13.2 Å². The number of methoxy groups -OCH3 is 1. The van der Waals surface area contributed by atoms with Crippen molar-refractivity contribution in [3.05, 3.63) is 24.3 Å². The number of hydrogen-bond acceptors (Lipinski definition) is 5. The number of nitrogen functional groups attached to an aromatic ring is 1. The van der Waals surface area contributed by atoms with Crippen molar-refractivity contribution in [1.29, 1.82) is 0 Å². The number of hydrogen-bond donors (Lipinski definition) is 1. The average Bonchev–Trinajstić information content (AvgIpc) is 3.11. The lowest BCUT2D eigenvalue weighted by molar-refractivity contribution is 0.201. The van der Waals surface area contributed by atoms with Crippen LogP contribution in [0.3, 0.4) is 0 Å². The third-order valence-electron chi connectivity index (χ3n) is 3.57. The van der Waals surface area contributed by atoms with E-state index in [0.29, 0.717) is 23.4 Å². The van der Waals surface area contributed by atoms with Gasteiger partial charge in [0.25, 0.3) is 0 Å². The molecule has 0 aliphatic heterocycles. The van der Waals surface area contributed by atoms with E-state index in [0.717, 1.165) is 24.2 Å². The van der Waals surface area contributed by atoms with Gasteiger partial charge in [-0.1, -0.05) is 5.16 Å². The second kappa shape index (κ2) is 5.45. The summed E-state index contributed by atoms with van der Waals surface area (Å²) in [6.45, 7) is 0. The Morgan fingerprint density at radius 3 is 2.65 bits per heavy atom. The van der Waals surface area contributed by atoms with E-state index < -0.39 is 0 Å². The third-order valence-corrected chi connectivity index (χ3v) is 3.57. The van der Waals surface area contributed by atoms with E-state index in [1.54, 1.807) is 13.2 Å². The van der Waals surface area contributed by atoms with Crippen molar-refractivity contribution in [2.45, 2.75) is 31.8 Å². The fourth-order valence-electron chi connectivity index (χ4n) is 2.53. The summed E-state index contributed by atoms with van der Waals surface area (Å²) < 4.78 is 16.6. The molecule has 0 unspecified atom stereocenters. The minimum absolute atomic E-state index is 0.302. The Morgan fingerprint density at radius 2 is 2.00 bits per heavy atom. The van der Waals surface area contributed by atoms with Crippen molar-refractivity contribution in [2.75, 3.05) is 12.8 Å². The van der Waals surface area contributed by atoms with Crippen LogP contribution in [0.2, 0.25) is 0 Å². The standard InChI is InChI=1S/C15H18N2O3/c1-18-14-8-10(13-9-15(16)17-20-13)6-7-12(14)19-11-4-2-3-5-11/h6-9,11H,2-5H2,1H3,(H2,16,17). The molecule has 0 bridgehead atoms. The maximum absolute atomic E-state index is 6.00. The number of aromatic nitrogens is 1. The fraction of sp³-hybridized carbons (Fsp3) is 0.400. The quantitative estimate of drug-likeness (QED) is 0.926. The summed E-state index contributed by atoms with van der Waals surface area (Å²) in [6, 6.07) is 7.40. The number of anilines is 1. The largest absolute Gasteiger partial charge is 0.493 e. The summed E-state index contributed by atoms with van der Waals surface area (Å²) in [4.78, 5) is 0. The van der Waals surface area contributed by atoms with Crippen LogP contribution in [-0.4, -0.2) is 18.4 Å². The Kier molecular flexibility index (Phi) is 3.50. The highest BCUT2D eigenvalue weighted by Crippen LogP contribution is 2.35. The Balaban J connectivity index is 1.85. The molecule has 1 heterocycles. The van der Waals surface area contributed by atoms with Gasteiger partial charge in [0.2, 0.25) is 0 Å². The van der Waals surface area contributed by atoms with Crippen LogP contribution >= 0.6 is 0 Å². The van der Waals surface area contributed by atoms with Crippen molar-refractivity contribution >= 4 is 5.82 Å². The van der Waals surface area contributed by atoms with Crippen molar-refractivity contribution in [3.63, 3.8) is 0 Å². The molecule has 3 rings (SSSR count). The first-order valence-corrected chi connectivity index (χ1v) is 6.83. The van der Waals surface area contributed by atoms with Gasteiger partial charge in [-0.05, 0) is 43.9 Å². The minimum atomic E-state index is 0.302. The highest BCUT2D eigenvalue weighted by Gasteiger charge is 2.19. The second-order valence-corrected chi connectivity index (χ2v) is 5.01. The van der Waals surface area contributed by atoms with Gasteiger partial charge >= 0.3 is 0 Å². The average molecular weight is 274 g/mol. The van der Waals surface area contributed by atoms with Gasteiger partial charge in [-0.3, -0.25) is 0 Å². The smallest absolute Gasteiger partial charge is 0.169 e. The molecule has 1 saturated carbocycles. The predicted molar refractivity (Wildman–Crippen MR) is 75.8 cm³/mol. The SMILES string of the molecule is COc1cc(-c2cc(N)no2)ccc1OC1CCCC1. The van der Waals surface area contributed by atoms with E-state index in [4.69, 9.17) is 19.7 Å². The van der Waals surface area contributed by atoms with Crippen LogP contribution in [0.25, 0.3) is 11.3 Å². The van der Waals surface area contributed by atoms with E-state index in [1.807, 2.05) is 18.2 Å². The topological polar surface area (TPSA) is 70.5 Å². The molecule has 0 atom stereocenters. The molecule has 0 saturated heterocycles. The van der Waals surface area contributed by atoms with Crippen molar-refractivity contribution in [2.24, 2.45) is 0 Å².